The van der Waals surface area contributed by atoms with E-state index in [-0.39, 0.29) is 0 Å². The van der Waals surface area contributed by atoms with Gasteiger partial charge in [-0.2, -0.15) is 12.6 Å². The maximum absolute atomic E-state index is 4.13. The predicted octanol–water partition coefficient (Wildman–Crippen LogP) is 2.12. The van der Waals surface area contributed by atoms with Crippen molar-refractivity contribution >= 4 is 24.0 Å². The van der Waals surface area contributed by atoms with E-state index in [2.05, 4.69) is 36.3 Å². The van der Waals surface area contributed by atoms with Crippen LogP contribution in [0, 0.1) is 6.92 Å². The number of aryl methyl sites for hydroxylation is 1. The predicted molar refractivity (Wildman–Crippen MR) is 59.5 cm³/mol. The quantitative estimate of drug-likeness (QED) is 0.549. The summed E-state index contributed by atoms with van der Waals surface area (Å²) < 4.78 is 0. The van der Waals surface area contributed by atoms with Gasteiger partial charge in [0.1, 0.15) is 0 Å². The minimum absolute atomic E-state index is 0.920. The first-order chi connectivity index (χ1) is 5.84. The molecule has 1 nitrogen and oxygen atoms in total. The van der Waals surface area contributed by atoms with Crippen molar-refractivity contribution in [3.8, 4) is 0 Å². The zero-order chi connectivity index (χ0) is 8.81. The molecule has 0 aliphatic carbocycles. The first kappa shape index (κ1) is 10.1. The monoisotopic (exact) mass is 201 g/mol. The summed E-state index contributed by atoms with van der Waals surface area (Å²) in [6, 6.07) is 2.18. The summed E-state index contributed by atoms with van der Waals surface area (Å²) in [7, 11) is 0. The molecule has 1 aromatic rings. The van der Waals surface area contributed by atoms with E-state index in [0.717, 1.165) is 25.3 Å². The highest BCUT2D eigenvalue weighted by Gasteiger charge is 1.97. The molecule has 68 valence electrons. The molecule has 1 rings (SSSR count). The molecule has 0 saturated heterocycles. The first-order valence-corrected chi connectivity index (χ1v) is 5.70. The van der Waals surface area contributed by atoms with E-state index < -0.39 is 0 Å². The summed E-state index contributed by atoms with van der Waals surface area (Å²) in [4.78, 5) is 1.50. The van der Waals surface area contributed by atoms with E-state index in [0.29, 0.717) is 0 Å². The number of rotatable bonds is 5. The maximum Gasteiger partial charge on any atom is 0.00870 e. The Kier molecular flexibility index (Phi) is 4.73. The lowest BCUT2D eigenvalue weighted by Crippen LogP contribution is -2.19. The highest BCUT2D eigenvalue weighted by Crippen LogP contribution is 2.15. The molecule has 1 N–H and O–H groups in total. The number of hydrogen-bond donors (Lipinski definition) is 2. The molecule has 0 aliphatic rings. The van der Waals surface area contributed by atoms with Gasteiger partial charge < -0.3 is 5.32 Å². The Morgan fingerprint density at radius 3 is 2.92 bits per heavy atom. The van der Waals surface area contributed by atoms with Crippen LogP contribution < -0.4 is 5.32 Å². The maximum atomic E-state index is 4.13. The molecule has 0 aromatic carbocycles. The van der Waals surface area contributed by atoms with Gasteiger partial charge in [0.25, 0.3) is 0 Å². The van der Waals surface area contributed by atoms with Crippen molar-refractivity contribution in [2.24, 2.45) is 0 Å². The average molecular weight is 201 g/mol. The van der Waals surface area contributed by atoms with Gasteiger partial charge in [-0.05, 0) is 36.9 Å². The smallest absolute Gasteiger partial charge is 0.00870 e. The molecule has 1 heterocycles. The number of hydrogen-bond acceptors (Lipinski definition) is 3. The molecule has 0 aliphatic heterocycles. The second-order valence-corrected chi connectivity index (χ2v) is 4.20. The number of thiophene rings is 1. The molecule has 0 fully saturated rings. The summed E-state index contributed by atoms with van der Waals surface area (Å²) >= 11 is 5.98. The van der Waals surface area contributed by atoms with E-state index in [4.69, 9.17) is 0 Å². The fraction of sp³-hybridized carbons (Fsp3) is 0.556. The zero-order valence-electron chi connectivity index (χ0n) is 7.34. The summed E-state index contributed by atoms with van der Waals surface area (Å²) in [6.45, 7) is 4.25. The summed E-state index contributed by atoms with van der Waals surface area (Å²) in [5, 5.41) is 5.49. The highest BCUT2D eigenvalue weighted by molar-refractivity contribution is 7.80. The Morgan fingerprint density at radius 1 is 1.50 bits per heavy atom. The first-order valence-electron chi connectivity index (χ1n) is 4.19. The third-order valence-electron chi connectivity index (χ3n) is 1.79. The van der Waals surface area contributed by atoms with Gasteiger partial charge in [0, 0.05) is 17.2 Å². The number of nitrogens with one attached hydrogen (secondary N) is 1. The van der Waals surface area contributed by atoms with Crippen molar-refractivity contribution in [1.82, 2.24) is 5.32 Å². The molecule has 0 atom stereocenters. The van der Waals surface area contributed by atoms with Crippen molar-refractivity contribution in [3.05, 3.63) is 21.9 Å². The normalized spacial score (nSPS) is 10.5. The Hall–Kier alpha value is 0.01000. The minimum atomic E-state index is 0.920. The van der Waals surface area contributed by atoms with Gasteiger partial charge in [-0.1, -0.05) is 0 Å². The van der Waals surface area contributed by atoms with Crippen LogP contribution in [0.25, 0.3) is 0 Å². The minimum Gasteiger partial charge on any atom is -0.316 e. The molecular weight excluding hydrogens is 186 g/mol. The number of thiol groups is 1. The summed E-state index contributed by atoms with van der Waals surface area (Å²) in [6.07, 6.45) is 1.15. The Morgan fingerprint density at radius 2 is 2.33 bits per heavy atom. The van der Waals surface area contributed by atoms with Crippen LogP contribution in [0.1, 0.15) is 10.4 Å². The Balaban J connectivity index is 2.20. The molecule has 0 saturated carbocycles. The summed E-state index contributed by atoms with van der Waals surface area (Å²) in [5.74, 6) is 0.920. The van der Waals surface area contributed by atoms with E-state index in [1.165, 1.54) is 10.4 Å². The fourth-order valence-electron chi connectivity index (χ4n) is 1.07. The van der Waals surface area contributed by atoms with Gasteiger partial charge in [0.15, 0.2) is 0 Å². The van der Waals surface area contributed by atoms with Crippen molar-refractivity contribution in [3.63, 3.8) is 0 Å². The third-order valence-corrected chi connectivity index (χ3v) is 3.09. The lowest BCUT2D eigenvalue weighted by molar-refractivity contribution is 0.725. The van der Waals surface area contributed by atoms with E-state index in [1.54, 1.807) is 0 Å². The molecule has 1 aromatic heterocycles. The van der Waals surface area contributed by atoms with Gasteiger partial charge in [0.05, 0.1) is 0 Å². The fourth-order valence-corrected chi connectivity index (χ4v) is 2.13. The Labute approximate surface area is 83.6 Å². The largest absolute Gasteiger partial charge is 0.316 e. The standard InChI is InChI=1S/C9H15NS2/c1-8-3-7-12-9(8)2-4-10-5-6-11/h3,7,10-11H,2,4-6H2,1H3. The third kappa shape index (κ3) is 3.17. The van der Waals surface area contributed by atoms with Crippen molar-refractivity contribution < 1.29 is 0 Å². The van der Waals surface area contributed by atoms with Crippen LogP contribution >= 0.6 is 24.0 Å². The van der Waals surface area contributed by atoms with E-state index in [9.17, 15) is 0 Å². The zero-order valence-corrected chi connectivity index (χ0v) is 9.05. The van der Waals surface area contributed by atoms with E-state index >= 15 is 0 Å². The van der Waals surface area contributed by atoms with Crippen molar-refractivity contribution in [2.45, 2.75) is 13.3 Å². The van der Waals surface area contributed by atoms with Crippen LogP contribution in [-0.2, 0) is 6.42 Å². The second kappa shape index (κ2) is 5.62. The van der Waals surface area contributed by atoms with E-state index in [1.807, 2.05) is 11.3 Å². The van der Waals surface area contributed by atoms with Crippen LogP contribution in [0.15, 0.2) is 11.4 Å². The molecule has 0 amide bonds. The molecule has 3 heteroatoms. The van der Waals surface area contributed by atoms with Crippen molar-refractivity contribution in [2.75, 3.05) is 18.8 Å². The van der Waals surface area contributed by atoms with Gasteiger partial charge in [-0.3, -0.25) is 0 Å². The molecule has 0 bridgehead atoms. The van der Waals surface area contributed by atoms with Gasteiger partial charge >= 0.3 is 0 Å². The lowest BCUT2D eigenvalue weighted by atomic mass is 10.2. The molecule has 0 radical (unpaired) electrons. The average Bonchev–Trinajstić information content (AvgIpc) is 2.46. The van der Waals surface area contributed by atoms with Gasteiger partial charge in [-0.15, -0.1) is 11.3 Å². The molecule has 0 spiro atoms. The molecule has 0 unspecified atom stereocenters. The van der Waals surface area contributed by atoms with Crippen LogP contribution in [0.4, 0.5) is 0 Å². The molecular formula is C9H15NS2. The lowest BCUT2D eigenvalue weighted by Gasteiger charge is -2.01. The molecule has 12 heavy (non-hydrogen) atoms. The van der Waals surface area contributed by atoms with Crippen LogP contribution in [0.3, 0.4) is 0 Å². The second-order valence-electron chi connectivity index (χ2n) is 2.75. The van der Waals surface area contributed by atoms with Gasteiger partial charge in [-0.25, -0.2) is 0 Å². The summed E-state index contributed by atoms with van der Waals surface area (Å²) in [5.41, 5.74) is 1.42. The topological polar surface area (TPSA) is 12.0 Å². The Bertz CT molecular complexity index is 220. The SMILES string of the molecule is Cc1ccsc1CCNCCS. The van der Waals surface area contributed by atoms with Crippen LogP contribution in [0.2, 0.25) is 0 Å². The van der Waals surface area contributed by atoms with Crippen LogP contribution in [-0.4, -0.2) is 18.8 Å². The van der Waals surface area contributed by atoms with Crippen molar-refractivity contribution in [1.29, 1.82) is 0 Å². The highest BCUT2D eigenvalue weighted by atomic mass is 32.1. The van der Waals surface area contributed by atoms with Crippen LogP contribution in [0.5, 0.6) is 0 Å². The van der Waals surface area contributed by atoms with Gasteiger partial charge in [0.2, 0.25) is 0 Å².